The smallest absolute Gasteiger partial charge is 0.409 e. The number of ether oxygens (including phenoxy) is 1. The van der Waals surface area contributed by atoms with Crippen molar-refractivity contribution < 1.29 is 9.53 Å². The lowest BCUT2D eigenvalue weighted by Crippen LogP contribution is -2.39. The fourth-order valence-electron chi connectivity index (χ4n) is 1.53. The molecule has 0 bridgehead atoms. The molecule has 1 aromatic heterocycles. The Morgan fingerprint density at radius 1 is 1.56 bits per heavy atom. The second-order valence-electron chi connectivity index (χ2n) is 3.50. The first-order chi connectivity index (χ1) is 7.75. The van der Waals surface area contributed by atoms with E-state index in [0.717, 1.165) is 23.4 Å². The van der Waals surface area contributed by atoms with Crippen molar-refractivity contribution in [2.24, 2.45) is 0 Å². The van der Waals surface area contributed by atoms with Crippen LogP contribution in [0.25, 0.3) is 0 Å². The molecule has 16 heavy (non-hydrogen) atoms. The maximum absolute atomic E-state index is 11.3. The lowest BCUT2D eigenvalue weighted by molar-refractivity contribution is 0.0733. The summed E-state index contributed by atoms with van der Waals surface area (Å²) in [6.45, 7) is 1.89. The van der Waals surface area contributed by atoms with E-state index in [0.29, 0.717) is 19.6 Å². The van der Waals surface area contributed by atoms with Crippen LogP contribution in [0.5, 0.6) is 0 Å². The van der Waals surface area contributed by atoms with Crippen LogP contribution >= 0.6 is 15.9 Å². The maximum atomic E-state index is 11.3. The first-order valence-electron chi connectivity index (χ1n) is 5.15. The molecule has 0 aliphatic carbocycles. The van der Waals surface area contributed by atoms with Gasteiger partial charge in [-0.15, -0.1) is 0 Å². The van der Waals surface area contributed by atoms with Gasteiger partial charge in [-0.05, 0) is 28.4 Å². The van der Waals surface area contributed by atoms with Gasteiger partial charge in [0, 0.05) is 25.7 Å². The zero-order chi connectivity index (χ0) is 11.4. The van der Waals surface area contributed by atoms with Crippen LogP contribution < -0.4 is 0 Å². The average molecular weight is 286 g/mol. The number of hydrogen-bond acceptors (Lipinski definition) is 4. The van der Waals surface area contributed by atoms with Crippen LogP contribution in [-0.4, -0.2) is 40.7 Å². The molecule has 1 fully saturated rings. The van der Waals surface area contributed by atoms with Crippen molar-refractivity contribution in [3.63, 3.8) is 0 Å². The molecule has 0 radical (unpaired) electrons. The summed E-state index contributed by atoms with van der Waals surface area (Å²) in [5.74, 6) is 0.729. The number of rotatable bonds is 3. The van der Waals surface area contributed by atoms with Crippen LogP contribution in [0.1, 0.15) is 12.2 Å². The Balaban J connectivity index is 1.89. The van der Waals surface area contributed by atoms with Crippen LogP contribution in [0.3, 0.4) is 0 Å². The van der Waals surface area contributed by atoms with E-state index in [1.54, 1.807) is 17.2 Å². The summed E-state index contributed by atoms with van der Waals surface area (Å²) in [6, 6.07) is 1.78. The predicted octanol–water partition coefficient (Wildman–Crippen LogP) is 1.62. The van der Waals surface area contributed by atoms with Crippen molar-refractivity contribution in [2.75, 3.05) is 19.7 Å². The largest absolute Gasteiger partial charge is 0.449 e. The fourth-order valence-corrected chi connectivity index (χ4v) is 1.85. The van der Waals surface area contributed by atoms with Gasteiger partial charge in [-0.2, -0.15) is 0 Å². The van der Waals surface area contributed by atoms with Gasteiger partial charge in [-0.1, -0.05) is 0 Å². The minimum atomic E-state index is -0.235. The Morgan fingerprint density at radius 3 is 3.19 bits per heavy atom. The second-order valence-corrected chi connectivity index (χ2v) is 4.31. The number of nitrogens with zero attached hydrogens (tertiary/aromatic N) is 3. The van der Waals surface area contributed by atoms with Crippen LogP contribution in [0, 0.1) is 0 Å². The van der Waals surface area contributed by atoms with Crippen LogP contribution in [-0.2, 0) is 11.2 Å². The number of cyclic esters (lactones) is 1. The van der Waals surface area contributed by atoms with E-state index in [1.165, 1.54) is 0 Å². The number of amides is 1. The van der Waals surface area contributed by atoms with E-state index in [4.69, 9.17) is 4.74 Å². The van der Waals surface area contributed by atoms with Gasteiger partial charge in [0.05, 0.1) is 6.61 Å². The van der Waals surface area contributed by atoms with E-state index in [9.17, 15) is 4.79 Å². The summed E-state index contributed by atoms with van der Waals surface area (Å²) < 4.78 is 5.70. The Kier molecular flexibility index (Phi) is 3.71. The molecule has 0 saturated carbocycles. The molecule has 86 valence electrons. The standard InChI is InChI=1S/C10H12BrN3O2/c11-8-2-4-12-9(13-8)3-6-14-5-1-7-16-10(14)15/h2,4H,1,3,5-7H2. The highest BCUT2D eigenvalue weighted by molar-refractivity contribution is 9.10. The molecule has 6 heteroatoms. The number of carbonyl (C=O) groups excluding carboxylic acids is 1. The highest BCUT2D eigenvalue weighted by Gasteiger charge is 2.19. The van der Waals surface area contributed by atoms with Gasteiger partial charge in [-0.25, -0.2) is 14.8 Å². The SMILES string of the molecule is O=C1OCCCN1CCc1nccc(Br)n1. The summed E-state index contributed by atoms with van der Waals surface area (Å²) in [6.07, 6.45) is 3.00. The lowest BCUT2D eigenvalue weighted by Gasteiger charge is -2.25. The quantitative estimate of drug-likeness (QED) is 0.792. The number of carbonyl (C=O) groups is 1. The summed E-state index contributed by atoms with van der Waals surface area (Å²) >= 11 is 3.28. The third-order valence-electron chi connectivity index (χ3n) is 2.33. The van der Waals surface area contributed by atoms with E-state index < -0.39 is 0 Å². The fraction of sp³-hybridized carbons (Fsp3) is 0.500. The number of aromatic nitrogens is 2. The summed E-state index contributed by atoms with van der Waals surface area (Å²) in [5.41, 5.74) is 0. The molecule has 0 aromatic carbocycles. The minimum Gasteiger partial charge on any atom is -0.449 e. The molecule has 2 heterocycles. The Morgan fingerprint density at radius 2 is 2.44 bits per heavy atom. The molecule has 0 atom stereocenters. The molecule has 0 N–H and O–H groups in total. The monoisotopic (exact) mass is 285 g/mol. The van der Waals surface area contributed by atoms with Gasteiger partial charge in [0.1, 0.15) is 10.4 Å². The molecule has 0 spiro atoms. The molecule has 1 amide bonds. The van der Waals surface area contributed by atoms with Gasteiger partial charge in [0.2, 0.25) is 0 Å². The molecule has 1 aliphatic heterocycles. The second kappa shape index (κ2) is 5.25. The minimum absolute atomic E-state index is 0.235. The van der Waals surface area contributed by atoms with E-state index >= 15 is 0 Å². The zero-order valence-corrected chi connectivity index (χ0v) is 10.3. The summed E-state index contributed by atoms with van der Waals surface area (Å²) in [7, 11) is 0. The van der Waals surface area contributed by atoms with E-state index in [2.05, 4.69) is 25.9 Å². The topological polar surface area (TPSA) is 55.3 Å². The maximum Gasteiger partial charge on any atom is 0.409 e. The van der Waals surface area contributed by atoms with Gasteiger partial charge in [0.15, 0.2) is 0 Å². The van der Waals surface area contributed by atoms with E-state index in [-0.39, 0.29) is 6.09 Å². The van der Waals surface area contributed by atoms with Crippen molar-refractivity contribution in [1.29, 1.82) is 0 Å². The van der Waals surface area contributed by atoms with Crippen LogP contribution in [0.15, 0.2) is 16.9 Å². The average Bonchev–Trinajstić information content (AvgIpc) is 2.28. The first-order valence-corrected chi connectivity index (χ1v) is 5.94. The third kappa shape index (κ3) is 2.91. The molecule has 1 aliphatic rings. The van der Waals surface area contributed by atoms with Gasteiger partial charge in [-0.3, -0.25) is 0 Å². The van der Waals surface area contributed by atoms with Gasteiger partial charge < -0.3 is 9.64 Å². The molecule has 0 unspecified atom stereocenters. The number of halogens is 1. The van der Waals surface area contributed by atoms with Gasteiger partial charge in [0.25, 0.3) is 0 Å². The summed E-state index contributed by atoms with van der Waals surface area (Å²) in [4.78, 5) is 21.4. The van der Waals surface area contributed by atoms with Crippen molar-refractivity contribution in [3.05, 3.63) is 22.7 Å². The third-order valence-corrected chi connectivity index (χ3v) is 2.77. The lowest BCUT2D eigenvalue weighted by atomic mass is 10.3. The molecule has 2 rings (SSSR count). The van der Waals surface area contributed by atoms with Crippen molar-refractivity contribution in [2.45, 2.75) is 12.8 Å². The Hall–Kier alpha value is -1.17. The highest BCUT2D eigenvalue weighted by Crippen LogP contribution is 2.07. The van der Waals surface area contributed by atoms with Crippen molar-refractivity contribution >= 4 is 22.0 Å². The predicted molar refractivity (Wildman–Crippen MR) is 61.0 cm³/mol. The summed E-state index contributed by atoms with van der Waals surface area (Å²) in [5, 5.41) is 0. The zero-order valence-electron chi connectivity index (χ0n) is 8.73. The van der Waals surface area contributed by atoms with Crippen molar-refractivity contribution in [1.82, 2.24) is 14.9 Å². The van der Waals surface area contributed by atoms with E-state index in [1.807, 2.05) is 0 Å². The molecular weight excluding hydrogens is 274 g/mol. The van der Waals surface area contributed by atoms with Gasteiger partial charge >= 0.3 is 6.09 Å². The Labute approximate surface area is 102 Å². The normalized spacial score (nSPS) is 16.1. The molecule has 5 nitrogen and oxygen atoms in total. The Bertz CT molecular complexity index is 386. The number of hydrogen-bond donors (Lipinski definition) is 0. The molecule has 1 aromatic rings. The van der Waals surface area contributed by atoms with Crippen LogP contribution in [0.4, 0.5) is 4.79 Å². The van der Waals surface area contributed by atoms with Crippen LogP contribution in [0.2, 0.25) is 0 Å². The van der Waals surface area contributed by atoms with Crippen molar-refractivity contribution in [3.8, 4) is 0 Å². The molecular formula is C10H12BrN3O2. The first kappa shape index (κ1) is 11.3. The highest BCUT2D eigenvalue weighted by atomic mass is 79.9. The molecule has 1 saturated heterocycles.